The lowest BCUT2D eigenvalue weighted by Gasteiger charge is -2.27. The van der Waals surface area contributed by atoms with Gasteiger partial charge in [-0.3, -0.25) is 9.59 Å². The fourth-order valence-electron chi connectivity index (χ4n) is 3.97. The summed E-state index contributed by atoms with van der Waals surface area (Å²) < 4.78 is 0. The van der Waals surface area contributed by atoms with Crippen molar-refractivity contribution >= 4 is 29.1 Å². The van der Waals surface area contributed by atoms with E-state index in [-0.39, 0.29) is 18.2 Å². The van der Waals surface area contributed by atoms with Crippen LogP contribution in [0.15, 0.2) is 30.6 Å². The maximum Gasteiger partial charge on any atom is 0.230 e. The van der Waals surface area contributed by atoms with Crippen LogP contribution in [0.4, 0.5) is 17.3 Å². The van der Waals surface area contributed by atoms with Crippen molar-refractivity contribution in [3.8, 4) is 0 Å². The predicted molar refractivity (Wildman–Crippen MR) is 113 cm³/mol. The van der Waals surface area contributed by atoms with Gasteiger partial charge in [0.05, 0.1) is 5.92 Å². The van der Waals surface area contributed by atoms with Gasteiger partial charge in [-0.1, -0.05) is 6.07 Å². The van der Waals surface area contributed by atoms with Crippen LogP contribution in [0, 0.1) is 19.8 Å². The van der Waals surface area contributed by atoms with Crippen molar-refractivity contribution in [1.82, 2.24) is 9.97 Å². The Bertz CT molecular complexity index is 923. The Labute approximate surface area is 171 Å². The fraction of sp³-hybridized carbons (Fsp3) is 0.455. The molecule has 3 heterocycles. The number of hydrogen-bond acceptors (Lipinski definition) is 5. The SMILES string of the molecule is Cc1ccc(N2CC(C(=O)Nc3cc(N4CCCCC4)ncn3)CC2=O)cc1C. The molecule has 2 fully saturated rings. The molecular formula is C22H27N5O2. The van der Waals surface area contributed by atoms with E-state index in [0.29, 0.717) is 12.4 Å². The minimum Gasteiger partial charge on any atom is -0.356 e. The number of aryl methyl sites for hydroxylation is 2. The molecule has 2 aliphatic heterocycles. The lowest BCUT2D eigenvalue weighted by molar-refractivity contribution is -0.122. The van der Waals surface area contributed by atoms with Gasteiger partial charge in [0.2, 0.25) is 11.8 Å². The lowest BCUT2D eigenvalue weighted by atomic mass is 10.1. The second-order valence-electron chi connectivity index (χ2n) is 7.97. The molecular weight excluding hydrogens is 366 g/mol. The van der Waals surface area contributed by atoms with Crippen LogP contribution >= 0.6 is 0 Å². The molecule has 0 saturated carbocycles. The summed E-state index contributed by atoms with van der Waals surface area (Å²) in [7, 11) is 0. The Kier molecular flexibility index (Phi) is 5.47. The standard InChI is InChI=1S/C22H27N5O2/c1-15-6-7-18(10-16(15)2)27-13-17(11-21(27)28)22(29)25-19-12-20(24-14-23-19)26-8-4-3-5-9-26/h6-7,10,12,14,17H,3-5,8-9,11,13H2,1-2H3,(H,23,24,25,29). The Morgan fingerprint density at radius 2 is 1.86 bits per heavy atom. The van der Waals surface area contributed by atoms with Gasteiger partial charge in [0, 0.05) is 37.8 Å². The highest BCUT2D eigenvalue weighted by molar-refractivity contribution is 6.03. The number of rotatable bonds is 4. The van der Waals surface area contributed by atoms with Crippen molar-refractivity contribution in [2.24, 2.45) is 5.92 Å². The van der Waals surface area contributed by atoms with Gasteiger partial charge >= 0.3 is 0 Å². The monoisotopic (exact) mass is 393 g/mol. The Hall–Kier alpha value is -2.96. The third-order valence-corrected chi connectivity index (χ3v) is 5.88. The number of carbonyl (C=O) groups is 2. The molecule has 152 valence electrons. The number of nitrogens with one attached hydrogen (secondary N) is 1. The van der Waals surface area contributed by atoms with Gasteiger partial charge in [-0.05, 0) is 56.4 Å². The summed E-state index contributed by atoms with van der Waals surface area (Å²) in [6.45, 7) is 6.41. The summed E-state index contributed by atoms with van der Waals surface area (Å²) in [5.74, 6) is 0.743. The van der Waals surface area contributed by atoms with Gasteiger partial charge in [-0.25, -0.2) is 9.97 Å². The van der Waals surface area contributed by atoms with Crippen LogP contribution in [-0.4, -0.2) is 41.4 Å². The van der Waals surface area contributed by atoms with E-state index in [9.17, 15) is 9.59 Å². The van der Waals surface area contributed by atoms with E-state index in [2.05, 4.69) is 20.2 Å². The molecule has 2 saturated heterocycles. The number of aromatic nitrogens is 2. The number of hydrogen-bond donors (Lipinski definition) is 1. The van der Waals surface area contributed by atoms with Crippen molar-refractivity contribution in [2.45, 2.75) is 39.5 Å². The molecule has 2 amide bonds. The first-order valence-electron chi connectivity index (χ1n) is 10.3. The number of nitrogens with zero attached hydrogens (tertiary/aromatic N) is 4. The molecule has 29 heavy (non-hydrogen) atoms. The van der Waals surface area contributed by atoms with Crippen LogP contribution in [0.2, 0.25) is 0 Å². The van der Waals surface area contributed by atoms with Gasteiger partial charge in [-0.2, -0.15) is 0 Å². The summed E-state index contributed by atoms with van der Waals surface area (Å²) in [4.78, 5) is 37.8. The summed E-state index contributed by atoms with van der Waals surface area (Å²) in [5.41, 5.74) is 3.17. The van der Waals surface area contributed by atoms with E-state index >= 15 is 0 Å². The summed E-state index contributed by atoms with van der Waals surface area (Å²) in [6, 6.07) is 7.77. The van der Waals surface area contributed by atoms with Crippen LogP contribution in [0.3, 0.4) is 0 Å². The molecule has 2 aromatic rings. The molecule has 0 radical (unpaired) electrons. The summed E-state index contributed by atoms with van der Waals surface area (Å²) in [5, 5.41) is 2.88. The van der Waals surface area contributed by atoms with E-state index in [1.54, 1.807) is 4.90 Å². The molecule has 0 bridgehead atoms. The van der Waals surface area contributed by atoms with Crippen LogP contribution in [0.25, 0.3) is 0 Å². The molecule has 0 spiro atoms. The van der Waals surface area contributed by atoms with E-state index in [1.165, 1.54) is 18.3 Å². The number of carbonyl (C=O) groups excluding carboxylic acids is 2. The number of amides is 2. The third-order valence-electron chi connectivity index (χ3n) is 5.88. The third kappa shape index (κ3) is 4.23. The Morgan fingerprint density at radius 1 is 1.07 bits per heavy atom. The maximum atomic E-state index is 12.8. The molecule has 0 aliphatic carbocycles. The molecule has 2 aliphatic rings. The second-order valence-corrected chi connectivity index (χ2v) is 7.97. The van der Waals surface area contributed by atoms with Crippen LogP contribution in [0.5, 0.6) is 0 Å². The van der Waals surface area contributed by atoms with Crippen LogP contribution in [-0.2, 0) is 9.59 Å². The number of benzene rings is 1. The highest BCUT2D eigenvalue weighted by atomic mass is 16.2. The molecule has 7 nitrogen and oxygen atoms in total. The van der Waals surface area contributed by atoms with Gasteiger partial charge in [0.25, 0.3) is 0 Å². The molecule has 1 atom stereocenters. The maximum absolute atomic E-state index is 12.8. The van der Waals surface area contributed by atoms with E-state index in [0.717, 1.165) is 43.0 Å². The van der Waals surface area contributed by atoms with Gasteiger partial charge in [0.15, 0.2) is 0 Å². The first-order chi connectivity index (χ1) is 14.0. The largest absolute Gasteiger partial charge is 0.356 e. The zero-order valence-corrected chi connectivity index (χ0v) is 17.0. The minimum absolute atomic E-state index is 0.0231. The topological polar surface area (TPSA) is 78.4 Å². The smallest absolute Gasteiger partial charge is 0.230 e. The van der Waals surface area contributed by atoms with Crippen molar-refractivity contribution in [1.29, 1.82) is 0 Å². The van der Waals surface area contributed by atoms with Crippen LogP contribution < -0.4 is 15.1 Å². The predicted octanol–water partition coefficient (Wildman–Crippen LogP) is 3.08. The highest BCUT2D eigenvalue weighted by Gasteiger charge is 2.35. The average Bonchev–Trinajstić information content (AvgIpc) is 3.13. The highest BCUT2D eigenvalue weighted by Crippen LogP contribution is 2.28. The first kappa shape index (κ1) is 19.4. The van der Waals surface area contributed by atoms with Crippen molar-refractivity contribution in [3.05, 3.63) is 41.7 Å². The first-order valence-corrected chi connectivity index (χ1v) is 10.3. The molecule has 1 unspecified atom stereocenters. The van der Waals surface area contributed by atoms with E-state index in [4.69, 9.17) is 0 Å². The van der Waals surface area contributed by atoms with Gasteiger partial charge in [-0.15, -0.1) is 0 Å². The quantitative estimate of drug-likeness (QED) is 0.864. The van der Waals surface area contributed by atoms with E-state index < -0.39 is 5.92 Å². The second kappa shape index (κ2) is 8.19. The summed E-state index contributed by atoms with van der Waals surface area (Å²) in [6.07, 6.45) is 5.26. The van der Waals surface area contributed by atoms with E-state index in [1.807, 2.05) is 38.1 Å². The van der Waals surface area contributed by atoms with Gasteiger partial charge in [0.1, 0.15) is 18.0 Å². The fourth-order valence-corrected chi connectivity index (χ4v) is 3.97. The van der Waals surface area contributed by atoms with Crippen molar-refractivity contribution in [3.63, 3.8) is 0 Å². The summed E-state index contributed by atoms with van der Waals surface area (Å²) >= 11 is 0. The van der Waals surface area contributed by atoms with Crippen molar-refractivity contribution < 1.29 is 9.59 Å². The molecule has 4 rings (SSSR count). The number of anilines is 3. The minimum atomic E-state index is -0.391. The lowest BCUT2D eigenvalue weighted by Crippen LogP contribution is -2.31. The van der Waals surface area contributed by atoms with Crippen molar-refractivity contribution in [2.75, 3.05) is 34.8 Å². The Balaban J connectivity index is 1.42. The normalized spacial score (nSPS) is 19.5. The molecule has 1 N–H and O–H groups in total. The van der Waals surface area contributed by atoms with Gasteiger partial charge < -0.3 is 15.1 Å². The molecule has 1 aromatic carbocycles. The van der Waals surface area contributed by atoms with Crippen LogP contribution in [0.1, 0.15) is 36.8 Å². The molecule has 7 heteroatoms. The number of piperidine rings is 1. The average molecular weight is 393 g/mol. The Morgan fingerprint density at radius 3 is 2.62 bits per heavy atom. The molecule has 1 aromatic heterocycles. The zero-order valence-electron chi connectivity index (χ0n) is 17.0. The zero-order chi connectivity index (χ0) is 20.4.